The van der Waals surface area contributed by atoms with Gasteiger partial charge in [-0.05, 0) is 24.5 Å². The maximum atomic E-state index is 5.91. The zero-order chi connectivity index (χ0) is 15.3. The summed E-state index contributed by atoms with van der Waals surface area (Å²) in [7, 11) is 2.05. The largest absolute Gasteiger partial charge is 0.378 e. The van der Waals surface area contributed by atoms with Gasteiger partial charge in [0.05, 0.1) is 13.2 Å². The second-order valence-electron chi connectivity index (χ2n) is 5.68. The SMILES string of the molecule is CSP1(=S)N=C(N2CCOCC2)c2c(nc3n2CCC3)N1C. The normalized spacial score (nSPS) is 27.6. The molecule has 1 fully saturated rings. The quantitative estimate of drug-likeness (QED) is 0.716. The van der Waals surface area contributed by atoms with Crippen molar-refractivity contribution in [1.82, 2.24) is 14.5 Å². The fraction of sp³-hybridized carbons (Fsp3) is 0.692. The summed E-state index contributed by atoms with van der Waals surface area (Å²) in [6, 6.07) is 0. The Labute approximate surface area is 139 Å². The summed E-state index contributed by atoms with van der Waals surface area (Å²) in [6.07, 6.45) is 4.29. The maximum absolute atomic E-state index is 5.91. The molecule has 0 bridgehead atoms. The number of ether oxygens (including phenoxy) is 1. The van der Waals surface area contributed by atoms with E-state index in [-0.39, 0.29) is 0 Å². The molecule has 0 spiro atoms. The van der Waals surface area contributed by atoms with Gasteiger partial charge < -0.3 is 18.9 Å². The first-order valence-electron chi connectivity index (χ1n) is 7.57. The van der Waals surface area contributed by atoms with Crippen LogP contribution in [0.15, 0.2) is 4.76 Å². The minimum absolute atomic E-state index is 0.757. The second kappa shape index (κ2) is 5.51. The second-order valence-corrected chi connectivity index (χ2v) is 12.7. The summed E-state index contributed by atoms with van der Waals surface area (Å²) in [4.78, 5) is 7.23. The predicted octanol–water partition coefficient (Wildman–Crippen LogP) is 1.95. The average Bonchev–Trinajstić information content (AvgIpc) is 3.13. The minimum Gasteiger partial charge on any atom is -0.378 e. The molecule has 9 heteroatoms. The number of aromatic nitrogens is 2. The van der Waals surface area contributed by atoms with Gasteiger partial charge in [-0.25, -0.2) is 9.75 Å². The van der Waals surface area contributed by atoms with Gasteiger partial charge in [-0.3, -0.25) is 0 Å². The molecule has 0 N–H and O–H groups in total. The van der Waals surface area contributed by atoms with Crippen LogP contribution in [0, 0.1) is 0 Å². The summed E-state index contributed by atoms with van der Waals surface area (Å²) < 4.78 is 15.1. The first kappa shape index (κ1) is 15.0. The molecule has 0 amide bonds. The molecular formula is C13H20N5OPS2. The summed E-state index contributed by atoms with van der Waals surface area (Å²) in [6.45, 7) is 4.32. The predicted molar refractivity (Wildman–Crippen MR) is 95.7 cm³/mol. The van der Waals surface area contributed by atoms with Gasteiger partial charge in [0.1, 0.15) is 11.5 Å². The Bertz CT molecular complexity index is 682. The number of anilines is 1. The van der Waals surface area contributed by atoms with Crippen LogP contribution in [-0.2, 0) is 29.5 Å². The maximum Gasteiger partial charge on any atom is 0.200 e. The lowest BCUT2D eigenvalue weighted by molar-refractivity contribution is 0.0682. The molecule has 0 aromatic carbocycles. The van der Waals surface area contributed by atoms with Gasteiger partial charge in [-0.1, -0.05) is 11.4 Å². The fourth-order valence-corrected chi connectivity index (χ4v) is 6.47. The molecule has 3 aliphatic rings. The van der Waals surface area contributed by atoms with Crippen LogP contribution in [0.1, 0.15) is 17.9 Å². The van der Waals surface area contributed by atoms with Crippen LogP contribution in [0.2, 0.25) is 0 Å². The molecule has 1 aromatic rings. The molecule has 0 saturated carbocycles. The number of hydrogen-bond donors (Lipinski definition) is 0. The molecule has 1 saturated heterocycles. The van der Waals surface area contributed by atoms with Crippen molar-refractivity contribution in [3.05, 3.63) is 11.5 Å². The number of imidazole rings is 1. The first-order chi connectivity index (χ1) is 10.6. The van der Waals surface area contributed by atoms with Crippen molar-refractivity contribution in [2.24, 2.45) is 4.76 Å². The van der Waals surface area contributed by atoms with Crippen molar-refractivity contribution in [3.63, 3.8) is 0 Å². The van der Waals surface area contributed by atoms with E-state index < -0.39 is 5.54 Å². The Morgan fingerprint density at radius 2 is 2.05 bits per heavy atom. The summed E-state index contributed by atoms with van der Waals surface area (Å²) in [5.41, 5.74) is -0.848. The number of morpholine rings is 1. The van der Waals surface area contributed by atoms with Crippen molar-refractivity contribution in [2.45, 2.75) is 19.4 Å². The Kier molecular flexibility index (Phi) is 3.76. The van der Waals surface area contributed by atoms with Crippen LogP contribution >= 0.6 is 16.9 Å². The standard InChI is InChI=1S/C13H20N5OPS2/c1-16-12-11(18-5-3-4-10(18)14-12)13(15-20(16,21)22-2)17-6-8-19-9-7-17/h3-9H2,1-2H3. The van der Waals surface area contributed by atoms with E-state index in [1.54, 1.807) is 11.4 Å². The number of amidine groups is 1. The molecule has 0 aliphatic carbocycles. The fourth-order valence-electron chi connectivity index (χ4n) is 3.26. The van der Waals surface area contributed by atoms with Crippen LogP contribution in [-0.4, -0.2) is 59.9 Å². The molecule has 0 radical (unpaired) electrons. The highest BCUT2D eigenvalue weighted by Gasteiger charge is 2.38. The lowest BCUT2D eigenvalue weighted by atomic mass is 10.3. The van der Waals surface area contributed by atoms with Crippen molar-refractivity contribution in [1.29, 1.82) is 0 Å². The number of hydrogen-bond acceptors (Lipinski definition) is 5. The topological polar surface area (TPSA) is 45.9 Å². The van der Waals surface area contributed by atoms with Gasteiger partial charge in [0.25, 0.3) is 0 Å². The van der Waals surface area contributed by atoms with Crippen molar-refractivity contribution in [2.75, 3.05) is 44.3 Å². The smallest absolute Gasteiger partial charge is 0.200 e. The molecule has 1 unspecified atom stereocenters. The van der Waals surface area contributed by atoms with Crippen LogP contribution in [0.5, 0.6) is 0 Å². The zero-order valence-corrected chi connectivity index (χ0v) is 15.4. The van der Waals surface area contributed by atoms with Gasteiger partial charge in [-0.15, -0.1) is 0 Å². The molecule has 4 rings (SSSR count). The number of aryl methyl sites for hydroxylation is 1. The van der Waals surface area contributed by atoms with E-state index in [0.29, 0.717) is 0 Å². The van der Waals surface area contributed by atoms with Crippen LogP contribution in [0.3, 0.4) is 0 Å². The van der Waals surface area contributed by atoms with Crippen molar-refractivity contribution in [3.8, 4) is 0 Å². The molecule has 120 valence electrons. The average molecular weight is 357 g/mol. The number of rotatable bonds is 1. The van der Waals surface area contributed by atoms with Crippen molar-refractivity contribution < 1.29 is 4.74 Å². The van der Waals surface area contributed by atoms with E-state index in [0.717, 1.165) is 50.9 Å². The van der Waals surface area contributed by atoms with E-state index in [9.17, 15) is 0 Å². The van der Waals surface area contributed by atoms with E-state index in [1.165, 1.54) is 17.9 Å². The van der Waals surface area contributed by atoms with Crippen LogP contribution in [0.25, 0.3) is 0 Å². The van der Waals surface area contributed by atoms with Crippen molar-refractivity contribution >= 4 is 40.4 Å². The number of nitrogens with zero attached hydrogens (tertiary/aromatic N) is 5. The highest BCUT2D eigenvalue weighted by Crippen LogP contribution is 2.65. The monoisotopic (exact) mass is 357 g/mol. The van der Waals surface area contributed by atoms with Gasteiger partial charge >= 0.3 is 0 Å². The Balaban J connectivity index is 1.87. The molecule has 3 aliphatic heterocycles. The molecule has 22 heavy (non-hydrogen) atoms. The van der Waals surface area contributed by atoms with E-state index in [1.807, 2.05) is 0 Å². The van der Waals surface area contributed by atoms with E-state index >= 15 is 0 Å². The lowest BCUT2D eigenvalue weighted by Crippen LogP contribution is -2.43. The first-order valence-corrected chi connectivity index (χ1v) is 12.1. The van der Waals surface area contributed by atoms with Gasteiger partial charge in [0.15, 0.2) is 11.7 Å². The molecule has 4 heterocycles. The highest BCUT2D eigenvalue weighted by molar-refractivity contribution is 8.70. The summed E-state index contributed by atoms with van der Waals surface area (Å²) in [5.74, 6) is 3.26. The Morgan fingerprint density at radius 1 is 1.27 bits per heavy atom. The van der Waals surface area contributed by atoms with E-state index in [4.69, 9.17) is 26.3 Å². The summed E-state index contributed by atoms with van der Waals surface area (Å²) >= 11 is 7.60. The van der Waals surface area contributed by atoms with Gasteiger partial charge in [0.2, 0.25) is 5.54 Å². The van der Waals surface area contributed by atoms with Gasteiger partial charge in [-0.2, -0.15) is 0 Å². The van der Waals surface area contributed by atoms with Crippen LogP contribution < -0.4 is 4.67 Å². The van der Waals surface area contributed by atoms with Crippen LogP contribution in [0.4, 0.5) is 5.82 Å². The Morgan fingerprint density at radius 3 is 2.77 bits per heavy atom. The molecule has 6 nitrogen and oxygen atoms in total. The molecule has 1 atom stereocenters. The third-order valence-electron chi connectivity index (χ3n) is 4.48. The molecule has 1 aromatic heterocycles. The summed E-state index contributed by atoms with van der Waals surface area (Å²) in [5, 5.41) is 0. The van der Waals surface area contributed by atoms with E-state index in [2.05, 4.69) is 27.4 Å². The number of fused-ring (bicyclic) bond motifs is 3. The third kappa shape index (κ3) is 2.15. The Hall–Kier alpha value is -0.560. The molecular weight excluding hydrogens is 337 g/mol. The lowest BCUT2D eigenvalue weighted by Gasteiger charge is -2.37. The zero-order valence-electron chi connectivity index (χ0n) is 12.9. The highest BCUT2D eigenvalue weighted by atomic mass is 32.9. The van der Waals surface area contributed by atoms with Gasteiger partial charge in [0, 0.05) is 33.1 Å². The minimum atomic E-state index is -2.02. The third-order valence-corrected chi connectivity index (χ3v) is 11.1.